The van der Waals surface area contributed by atoms with E-state index in [9.17, 15) is 9.90 Å². The van der Waals surface area contributed by atoms with Crippen LogP contribution in [0.3, 0.4) is 0 Å². The van der Waals surface area contributed by atoms with Crippen molar-refractivity contribution in [3.8, 4) is 0 Å². The molecule has 80 valence electrons. The molecule has 1 aliphatic rings. The lowest BCUT2D eigenvalue weighted by atomic mass is 10.2. The number of benzene rings is 1. The van der Waals surface area contributed by atoms with E-state index >= 15 is 0 Å². The largest absolute Gasteiger partial charge is 0.459 e. The summed E-state index contributed by atoms with van der Waals surface area (Å²) in [5.74, 6) is -0.297. The number of hydrogen-bond acceptors (Lipinski definition) is 3. The number of esters is 1. The number of rotatable bonds is 2. The molecule has 2 atom stereocenters. The Balaban J connectivity index is 1.93. The van der Waals surface area contributed by atoms with Crippen LogP contribution in [-0.4, -0.2) is 23.3 Å². The molecule has 0 saturated heterocycles. The minimum atomic E-state index is -0.307. The average molecular weight is 206 g/mol. The zero-order chi connectivity index (χ0) is 10.7. The van der Waals surface area contributed by atoms with Gasteiger partial charge in [0, 0.05) is 6.42 Å². The molecule has 0 aliphatic heterocycles. The molecule has 0 spiro atoms. The molecule has 0 bridgehead atoms. The van der Waals surface area contributed by atoms with Crippen LogP contribution < -0.4 is 0 Å². The summed E-state index contributed by atoms with van der Waals surface area (Å²) in [4.78, 5) is 11.6. The maximum Gasteiger partial charge on any atom is 0.338 e. The molecule has 1 aliphatic carbocycles. The second-order valence-corrected chi connectivity index (χ2v) is 3.86. The van der Waals surface area contributed by atoms with Gasteiger partial charge < -0.3 is 9.84 Å². The van der Waals surface area contributed by atoms with Crippen LogP contribution in [0.2, 0.25) is 0 Å². The van der Waals surface area contributed by atoms with Crippen molar-refractivity contribution in [2.24, 2.45) is 0 Å². The lowest BCUT2D eigenvalue weighted by molar-refractivity contribution is 0.0287. The molecular formula is C12H14O3. The summed E-state index contributed by atoms with van der Waals surface area (Å²) in [5, 5.41) is 9.29. The Morgan fingerprint density at radius 1 is 1.27 bits per heavy atom. The Morgan fingerprint density at radius 2 is 2.00 bits per heavy atom. The van der Waals surface area contributed by atoms with Gasteiger partial charge in [0.2, 0.25) is 0 Å². The highest BCUT2D eigenvalue weighted by Crippen LogP contribution is 2.22. The van der Waals surface area contributed by atoms with E-state index in [2.05, 4.69) is 0 Å². The van der Waals surface area contributed by atoms with Gasteiger partial charge in [0.25, 0.3) is 0 Å². The summed E-state index contributed by atoms with van der Waals surface area (Å²) in [6.07, 6.45) is 1.64. The smallest absolute Gasteiger partial charge is 0.338 e. The first-order valence-corrected chi connectivity index (χ1v) is 5.20. The predicted octanol–water partition coefficient (Wildman–Crippen LogP) is 1.76. The van der Waals surface area contributed by atoms with Crippen molar-refractivity contribution in [1.29, 1.82) is 0 Å². The van der Waals surface area contributed by atoms with E-state index in [1.165, 1.54) is 0 Å². The molecular weight excluding hydrogens is 192 g/mol. The minimum absolute atomic E-state index is 0.118. The Kier molecular flexibility index (Phi) is 3.02. The zero-order valence-corrected chi connectivity index (χ0v) is 8.43. The Hall–Kier alpha value is -1.35. The van der Waals surface area contributed by atoms with Gasteiger partial charge in [-0.25, -0.2) is 4.79 Å². The van der Waals surface area contributed by atoms with E-state index in [-0.39, 0.29) is 18.2 Å². The highest BCUT2D eigenvalue weighted by molar-refractivity contribution is 5.89. The number of carbonyl (C=O) groups excluding carboxylic acids is 1. The topological polar surface area (TPSA) is 46.5 Å². The molecule has 0 amide bonds. The fourth-order valence-corrected chi connectivity index (χ4v) is 1.82. The van der Waals surface area contributed by atoms with E-state index in [0.717, 1.165) is 12.8 Å². The van der Waals surface area contributed by atoms with Gasteiger partial charge in [0.05, 0.1) is 11.7 Å². The molecule has 1 fully saturated rings. The number of hydrogen-bond donors (Lipinski definition) is 1. The quantitative estimate of drug-likeness (QED) is 0.750. The van der Waals surface area contributed by atoms with Gasteiger partial charge in [0.15, 0.2) is 0 Å². The second-order valence-electron chi connectivity index (χ2n) is 3.86. The molecule has 1 saturated carbocycles. The van der Waals surface area contributed by atoms with Crippen LogP contribution in [0.25, 0.3) is 0 Å². The van der Waals surface area contributed by atoms with Crippen LogP contribution in [-0.2, 0) is 4.74 Å². The van der Waals surface area contributed by atoms with E-state index in [4.69, 9.17) is 4.74 Å². The first-order chi connectivity index (χ1) is 7.25. The Labute approximate surface area is 88.7 Å². The number of carbonyl (C=O) groups is 1. The predicted molar refractivity (Wildman–Crippen MR) is 55.5 cm³/mol. The third kappa shape index (κ3) is 2.57. The molecule has 3 nitrogen and oxygen atoms in total. The highest BCUT2D eigenvalue weighted by Gasteiger charge is 2.26. The van der Waals surface area contributed by atoms with Crippen molar-refractivity contribution in [3.05, 3.63) is 35.9 Å². The van der Waals surface area contributed by atoms with Gasteiger partial charge in [-0.3, -0.25) is 0 Å². The van der Waals surface area contributed by atoms with Crippen LogP contribution in [0.5, 0.6) is 0 Å². The number of aliphatic hydroxyl groups is 1. The molecule has 15 heavy (non-hydrogen) atoms. The van der Waals surface area contributed by atoms with Crippen molar-refractivity contribution in [2.75, 3.05) is 0 Å². The van der Waals surface area contributed by atoms with E-state index in [1.54, 1.807) is 24.3 Å². The lowest BCUT2D eigenvalue weighted by Gasteiger charge is -2.11. The van der Waals surface area contributed by atoms with Gasteiger partial charge in [0.1, 0.15) is 6.10 Å². The minimum Gasteiger partial charge on any atom is -0.459 e. The van der Waals surface area contributed by atoms with Crippen molar-refractivity contribution >= 4 is 5.97 Å². The second kappa shape index (κ2) is 4.45. The summed E-state index contributed by atoms with van der Waals surface area (Å²) < 4.78 is 5.27. The standard InChI is InChI=1S/C12H14O3/c13-10-6-7-11(8-10)15-12(14)9-4-2-1-3-5-9/h1-5,10-11,13H,6-8H2/t10-,11-/m0/s1. The Bertz CT molecular complexity index is 334. The van der Waals surface area contributed by atoms with Crippen LogP contribution in [0.15, 0.2) is 30.3 Å². The molecule has 3 heteroatoms. The summed E-state index contributed by atoms with van der Waals surface area (Å²) in [5.41, 5.74) is 0.568. The number of aliphatic hydroxyl groups excluding tert-OH is 1. The molecule has 1 aromatic carbocycles. The first-order valence-electron chi connectivity index (χ1n) is 5.20. The number of ether oxygens (including phenoxy) is 1. The molecule has 0 unspecified atom stereocenters. The van der Waals surface area contributed by atoms with Crippen LogP contribution in [0.4, 0.5) is 0 Å². The summed E-state index contributed by atoms with van der Waals surface area (Å²) in [7, 11) is 0. The first kappa shape index (κ1) is 10.2. The highest BCUT2D eigenvalue weighted by atomic mass is 16.5. The molecule has 2 rings (SSSR count). The molecule has 0 aromatic heterocycles. The van der Waals surface area contributed by atoms with Gasteiger partial charge in [-0.05, 0) is 25.0 Å². The van der Waals surface area contributed by atoms with E-state index in [1.807, 2.05) is 6.07 Å². The van der Waals surface area contributed by atoms with Gasteiger partial charge in [-0.1, -0.05) is 18.2 Å². The summed E-state index contributed by atoms with van der Waals surface area (Å²) in [6, 6.07) is 8.93. The molecule has 0 radical (unpaired) electrons. The third-order valence-corrected chi connectivity index (χ3v) is 2.64. The maximum atomic E-state index is 11.6. The van der Waals surface area contributed by atoms with Crippen molar-refractivity contribution in [3.63, 3.8) is 0 Å². The van der Waals surface area contributed by atoms with E-state index in [0.29, 0.717) is 12.0 Å². The van der Waals surface area contributed by atoms with Crippen LogP contribution >= 0.6 is 0 Å². The van der Waals surface area contributed by atoms with Crippen molar-refractivity contribution in [2.45, 2.75) is 31.5 Å². The summed E-state index contributed by atoms with van der Waals surface area (Å²) >= 11 is 0. The third-order valence-electron chi connectivity index (χ3n) is 2.64. The monoisotopic (exact) mass is 206 g/mol. The molecule has 1 N–H and O–H groups in total. The average Bonchev–Trinajstić information content (AvgIpc) is 2.65. The lowest BCUT2D eigenvalue weighted by Crippen LogP contribution is -2.16. The van der Waals surface area contributed by atoms with Gasteiger partial charge in [-0.15, -0.1) is 0 Å². The Morgan fingerprint density at radius 3 is 2.60 bits per heavy atom. The normalized spacial score (nSPS) is 25.1. The fraction of sp³-hybridized carbons (Fsp3) is 0.417. The van der Waals surface area contributed by atoms with Gasteiger partial charge >= 0.3 is 5.97 Å². The fourth-order valence-electron chi connectivity index (χ4n) is 1.82. The van der Waals surface area contributed by atoms with Crippen molar-refractivity contribution < 1.29 is 14.6 Å². The molecule has 0 heterocycles. The van der Waals surface area contributed by atoms with Crippen LogP contribution in [0, 0.1) is 0 Å². The SMILES string of the molecule is O=C(O[C@H]1CC[C@H](O)C1)c1ccccc1. The van der Waals surface area contributed by atoms with Gasteiger partial charge in [-0.2, -0.15) is 0 Å². The summed E-state index contributed by atoms with van der Waals surface area (Å²) in [6.45, 7) is 0. The zero-order valence-electron chi connectivity index (χ0n) is 8.43. The van der Waals surface area contributed by atoms with Crippen LogP contribution in [0.1, 0.15) is 29.6 Å². The maximum absolute atomic E-state index is 11.6. The van der Waals surface area contributed by atoms with Crippen molar-refractivity contribution in [1.82, 2.24) is 0 Å². The van der Waals surface area contributed by atoms with E-state index < -0.39 is 0 Å². The molecule has 1 aromatic rings.